The van der Waals surface area contributed by atoms with Gasteiger partial charge >= 0.3 is 0 Å². The van der Waals surface area contributed by atoms with Crippen LogP contribution < -0.4 is 4.90 Å². The molecular formula is C22H27F2N2OS+. The second-order valence-electron chi connectivity index (χ2n) is 7.20. The third-order valence-corrected chi connectivity index (χ3v) is 6.28. The van der Waals surface area contributed by atoms with Crippen molar-refractivity contribution in [3.05, 3.63) is 71.3 Å². The molecule has 0 bridgehead atoms. The lowest BCUT2D eigenvalue weighted by Gasteiger charge is -2.27. The molecule has 6 heteroatoms. The Morgan fingerprint density at radius 3 is 2.39 bits per heavy atom. The summed E-state index contributed by atoms with van der Waals surface area (Å²) >= 11 is 1.72. The Bertz CT molecular complexity index is 767. The van der Waals surface area contributed by atoms with Crippen LogP contribution in [0.4, 0.5) is 8.78 Å². The minimum Gasteiger partial charge on any atom is -0.323 e. The van der Waals surface area contributed by atoms with E-state index in [1.54, 1.807) is 36.0 Å². The first-order valence-corrected chi connectivity index (χ1v) is 10.9. The van der Waals surface area contributed by atoms with Gasteiger partial charge in [0, 0.05) is 17.9 Å². The smallest absolute Gasteiger partial charge is 0.278 e. The molecule has 1 aliphatic heterocycles. The molecule has 1 amide bonds. The Morgan fingerprint density at radius 1 is 1.11 bits per heavy atom. The Balaban J connectivity index is 1.67. The SMILES string of the molecule is CCCC[NH+](CC(=O)N1CCS[C@@H]1c1ccc(F)cc1)Cc1ccc(F)cc1. The van der Waals surface area contributed by atoms with E-state index in [4.69, 9.17) is 0 Å². The van der Waals surface area contributed by atoms with Crippen LogP contribution in [0.15, 0.2) is 48.5 Å². The highest BCUT2D eigenvalue weighted by atomic mass is 32.2. The van der Waals surface area contributed by atoms with Crippen molar-refractivity contribution in [1.82, 2.24) is 4.90 Å². The zero-order valence-electron chi connectivity index (χ0n) is 16.2. The number of unbranched alkanes of at least 4 members (excludes halogenated alkanes) is 1. The number of thioether (sulfide) groups is 1. The molecule has 1 unspecified atom stereocenters. The van der Waals surface area contributed by atoms with E-state index in [-0.39, 0.29) is 22.9 Å². The fourth-order valence-electron chi connectivity index (χ4n) is 3.50. The van der Waals surface area contributed by atoms with Crippen molar-refractivity contribution < 1.29 is 18.5 Å². The lowest BCUT2D eigenvalue weighted by Crippen LogP contribution is -3.12. The molecule has 2 aromatic rings. The fraction of sp³-hybridized carbons (Fsp3) is 0.409. The molecule has 2 aromatic carbocycles. The van der Waals surface area contributed by atoms with Gasteiger partial charge in [0.25, 0.3) is 5.91 Å². The molecule has 0 radical (unpaired) electrons. The number of nitrogens with zero attached hydrogens (tertiary/aromatic N) is 1. The zero-order valence-corrected chi connectivity index (χ0v) is 17.0. The van der Waals surface area contributed by atoms with Crippen LogP contribution in [0, 0.1) is 11.6 Å². The highest BCUT2D eigenvalue weighted by Gasteiger charge is 2.32. The molecule has 28 heavy (non-hydrogen) atoms. The Kier molecular flexibility index (Phi) is 7.45. The number of nitrogens with one attached hydrogen (secondary N) is 1. The largest absolute Gasteiger partial charge is 0.323 e. The van der Waals surface area contributed by atoms with E-state index in [2.05, 4.69) is 6.92 Å². The maximum Gasteiger partial charge on any atom is 0.278 e. The topological polar surface area (TPSA) is 24.8 Å². The van der Waals surface area contributed by atoms with Crippen LogP contribution in [-0.2, 0) is 11.3 Å². The number of hydrogen-bond acceptors (Lipinski definition) is 2. The van der Waals surface area contributed by atoms with Crippen LogP contribution in [0.3, 0.4) is 0 Å². The van der Waals surface area contributed by atoms with Crippen LogP contribution in [0.5, 0.6) is 0 Å². The van der Waals surface area contributed by atoms with Crippen molar-refractivity contribution in [1.29, 1.82) is 0 Å². The summed E-state index contributed by atoms with van der Waals surface area (Å²) < 4.78 is 26.4. The molecule has 1 saturated heterocycles. The van der Waals surface area contributed by atoms with Gasteiger partial charge in [-0.05, 0) is 36.2 Å². The van der Waals surface area contributed by atoms with Gasteiger partial charge in [0.2, 0.25) is 0 Å². The molecule has 0 saturated carbocycles. The lowest BCUT2D eigenvalue weighted by molar-refractivity contribution is -0.906. The van der Waals surface area contributed by atoms with Gasteiger partial charge in [-0.1, -0.05) is 37.6 Å². The Morgan fingerprint density at radius 2 is 1.75 bits per heavy atom. The summed E-state index contributed by atoms with van der Waals surface area (Å²) in [6.45, 7) is 4.87. The first kappa shape index (κ1) is 20.8. The summed E-state index contributed by atoms with van der Waals surface area (Å²) in [7, 11) is 0. The minimum absolute atomic E-state index is 0.0497. The van der Waals surface area contributed by atoms with Gasteiger partial charge in [-0.15, -0.1) is 11.8 Å². The van der Waals surface area contributed by atoms with E-state index < -0.39 is 0 Å². The third kappa shape index (κ3) is 5.55. The average molecular weight is 406 g/mol. The molecule has 0 aliphatic carbocycles. The molecule has 3 rings (SSSR count). The third-order valence-electron chi connectivity index (χ3n) is 5.02. The standard InChI is InChI=1S/C22H26F2N2OS/c1-2-3-12-25(15-17-4-8-19(23)9-5-17)16-21(27)26-13-14-28-22(26)18-6-10-20(24)11-7-18/h4-11,22H,2-3,12-16H2,1H3/p+1/t22-/m1/s1. The number of hydrogen-bond donors (Lipinski definition) is 1. The van der Waals surface area contributed by atoms with Crippen LogP contribution in [0.2, 0.25) is 0 Å². The Labute approximate surface area is 169 Å². The maximum atomic E-state index is 13.2. The first-order valence-electron chi connectivity index (χ1n) is 9.81. The summed E-state index contributed by atoms with van der Waals surface area (Å²) in [5, 5.41) is -0.0497. The fourth-order valence-corrected chi connectivity index (χ4v) is 4.78. The minimum atomic E-state index is -0.265. The van der Waals surface area contributed by atoms with Crippen molar-refractivity contribution in [3.63, 3.8) is 0 Å². The monoisotopic (exact) mass is 405 g/mol. The van der Waals surface area contributed by atoms with E-state index in [1.807, 2.05) is 4.90 Å². The van der Waals surface area contributed by atoms with Gasteiger partial charge in [0.1, 0.15) is 23.6 Å². The van der Waals surface area contributed by atoms with Gasteiger partial charge in [0.15, 0.2) is 6.54 Å². The van der Waals surface area contributed by atoms with E-state index >= 15 is 0 Å². The van der Waals surface area contributed by atoms with Gasteiger partial charge in [-0.3, -0.25) is 4.79 Å². The highest BCUT2D eigenvalue weighted by molar-refractivity contribution is 7.99. The second-order valence-corrected chi connectivity index (χ2v) is 8.38. The van der Waals surface area contributed by atoms with E-state index in [1.165, 1.54) is 29.2 Å². The van der Waals surface area contributed by atoms with E-state index in [0.29, 0.717) is 19.6 Å². The number of quaternary nitrogens is 1. The predicted molar refractivity (Wildman–Crippen MR) is 109 cm³/mol. The number of amides is 1. The molecule has 0 spiro atoms. The normalized spacial score (nSPS) is 17.7. The van der Waals surface area contributed by atoms with Crippen LogP contribution in [0.25, 0.3) is 0 Å². The zero-order chi connectivity index (χ0) is 19.9. The molecule has 0 aromatic heterocycles. The molecule has 1 N–H and O–H groups in total. The molecule has 2 atom stereocenters. The number of benzene rings is 2. The summed E-state index contributed by atoms with van der Waals surface area (Å²) in [6, 6.07) is 12.9. The Hall–Kier alpha value is -1.92. The number of rotatable bonds is 8. The van der Waals surface area contributed by atoms with Gasteiger partial charge in [-0.25, -0.2) is 8.78 Å². The molecule has 3 nitrogen and oxygen atoms in total. The summed E-state index contributed by atoms with van der Waals surface area (Å²) in [5.41, 5.74) is 2.00. The molecule has 1 heterocycles. The van der Waals surface area contributed by atoms with Crippen molar-refractivity contribution in [3.8, 4) is 0 Å². The maximum absolute atomic E-state index is 13.2. The van der Waals surface area contributed by atoms with Crippen molar-refractivity contribution >= 4 is 17.7 Å². The van der Waals surface area contributed by atoms with Gasteiger partial charge in [-0.2, -0.15) is 0 Å². The van der Waals surface area contributed by atoms with Gasteiger partial charge < -0.3 is 9.80 Å². The van der Waals surface area contributed by atoms with Crippen molar-refractivity contribution in [2.24, 2.45) is 0 Å². The molecule has 150 valence electrons. The van der Waals surface area contributed by atoms with E-state index in [9.17, 15) is 13.6 Å². The van der Waals surface area contributed by atoms with Crippen LogP contribution >= 0.6 is 11.8 Å². The summed E-state index contributed by atoms with van der Waals surface area (Å²) in [4.78, 5) is 16.2. The number of carbonyl (C=O) groups excluding carboxylic acids is 1. The number of halogens is 2. The highest BCUT2D eigenvalue weighted by Crippen LogP contribution is 2.37. The van der Waals surface area contributed by atoms with E-state index in [0.717, 1.165) is 36.3 Å². The summed E-state index contributed by atoms with van der Waals surface area (Å²) in [6.07, 6.45) is 2.11. The average Bonchev–Trinajstić information content (AvgIpc) is 3.18. The first-order chi connectivity index (χ1) is 13.6. The predicted octanol–water partition coefficient (Wildman–Crippen LogP) is 3.42. The van der Waals surface area contributed by atoms with Gasteiger partial charge in [0.05, 0.1) is 6.54 Å². The molecule has 1 aliphatic rings. The quantitative estimate of drug-likeness (QED) is 0.728. The second kappa shape index (κ2) is 10.0. The molecular weight excluding hydrogens is 378 g/mol. The summed E-state index contributed by atoms with van der Waals surface area (Å²) in [5.74, 6) is 0.494. The van der Waals surface area contributed by atoms with Crippen molar-refractivity contribution in [2.45, 2.75) is 31.7 Å². The van der Waals surface area contributed by atoms with Crippen LogP contribution in [0.1, 0.15) is 36.3 Å². The lowest BCUT2D eigenvalue weighted by atomic mass is 10.2. The molecule has 1 fully saturated rings. The number of carbonyl (C=O) groups is 1. The van der Waals surface area contributed by atoms with Crippen LogP contribution in [-0.4, -0.2) is 36.2 Å². The van der Waals surface area contributed by atoms with Crippen molar-refractivity contribution in [2.75, 3.05) is 25.4 Å².